The molecular weight excluding hydrogens is 332 g/mol. The van der Waals surface area contributed by atoms with Crippen LogP contribution in [0.25, 0.3) is 0 Å². The highest BCUT2D eigenvalue weighted by atomic mass is 16.5. The third-order valence-corrected chi connectivity index (χ3v) is 4.17. The largest absolute Gasteiger partial charge is 0.493 e. The smallest absolute Gasteiger partial charge is 0.246 e. The first-order valence-corrected chi connectivity index (χ1v) is 8.34. The van der Waals surface area contributed by atoms with Crippen molar-refractivity contribution in [2.24, 2.45) is 0 Å². The van der Waals surface area contributed by atoms with Gasteiger partial charge in [-0.15, -0.1) is 0 Å². The number of benzene rings is 2. The van der Waals surface area contributed by atoms with Crippen molar-refractivity contribution >= 4 is 17.3 Å². The van der Waals surface area contributed by atoms with Crippen LogP contribution in [0.4, 0.5) is 11.4 Å². The van der Waals surface area contributed by atoms with Gasteiger partial charge in [-0.3, -0.25) is 4.79 Å². The SMILES string of the molecule is COc1cc(NC(C)C(=O)Nc2c(C)cccc2C)cc(OC)c1OC. The lowest BCUT2D eigenvalue weighted by Gasteiger charge is -2.19. The summed E-state index contributed by atoms with van der Waals surface area (Å²) in [6, 6.07) is 8.99. The highest BCUT2D eigenvalue weighted by molar-refractivity contribution is 5.97. The number of hydrogen-bond acceptors (Lipinski definition) is 5. The Kier molecular flexibility index (Phi) is 6.33. The summed E-state index contributed by atoms with van der Waals surface area (Å²) in [6.45, 7) is 5.74. The molecule has 1 unspecified atom stereocenters. The summed E-state index contributed by atoms with van der Waals surface area (Å²) in [5.74, 6) is 1.43. The molecule has 140 valence electrons. The van der Waals surface area contributed by atoms with E-state index in [9.17, 15) is 4.79 Å². The maximum Gasteiger partial charge on any atom is 0.246 e. The normalized spacial score (nSPS) is 11.5. The van der Waals surface area contributed by atoms with Crippen LogP contribution in [0.2, 0.25) is 0 Å². The van der Waals surface area contributed by atoms with Crippen molar-refractivity contribution in [2.75, 3.05) is 32.0 Å². The highest BCUT2D eigenvalue weighted by Crippen LogP contribution is 2.40. The van der Waals surface area contributed by atoms with Crippen LogP contribution >= 0.6 is 0 Å². The predicted octanol–water partition coefficient (Wildman–Crippen LogP) is 3.77. The zero-order valence-corrected chi connectivity index (χ0v) is 16.1. The lowest BCUT2D eigenvalue weighted by molar-refractivity contribution is -0.116. The van der Waals surface area contributed by atoms with E-state index in [0.717, 1.165) is 16.8 Å². The van der Waals surface area contributed by atoms with Crippen LogP contribution in [0, 0.1) is 13.8 Å². The van der Waals surface area contributed by atoms with Crippen LogP contribution in [0.5, 0.6) is 17.2 Å². The van der Waals surface area contributed by atoms with E-state index >= 15 is 0 Å². The first kappa shape index (κ1) is 19.4. The Bertz CT molecular complexity index is 744. The molecule has 6 nitrogen and oxygen atoms in total. The maximum atomic E-state index is 12.6. The van der Waals surface area contributed by atoms with Gasteiger partial charge >= 0.3 is 0 Å². The van der Waals surface area contributed by atoms with Gasteiger partial charge < -0.3 is 24.8 Å². The topological polar surface area (TPSA) is 68.8 Å². The molecule has 0 aliphatic heterocycles. The average molecular weight is 358 g/mol. The Hall–Kier alpha value is -2.89. The van der Waals surface area contributed by atoms with E-state index < -0.39 is 6.04 Å². The van der Waals surface area contributed by atoms with Crippen molar-refractivity contribution in [3.63, 3.8) is 0 Å². The number of para-hydroxylation sites is 1. The molecule has 2 rings (SSSR count). The number of hydrogen-bond donors (Lipinski definition) is 2. The van der Waals surface area contributed by atoms with Crippen LogP contribution in [-0.2, 0) is 4.79 Å². The summed E-state index contributed by atoms with van der Waals surface area (Å²) in [5.41, 5.74) is 3.59. The Morgan fingerprint density at radius 1 is 0.962 bits per heavy atom. The lowest BCUT2D eigenvalue weighted by atomic mass is 10.1. The molecule has 0 heterocycles. The first-order chi connectivity index (χ1) is 12.4. The van der Waals surface area contributed by atoms with E-state index in [4.69, 9.17) is 14.2 Å². The number of aryl methyl sites for hydroxylation is 2. The third-order valence-electron chi connectivity index (χ3n) is 4.17. The van der Waals surface area contributed by atoms with Crippen molar-refractivity contribution < 1.29 is 19.0 Å². The van der Waals surface area contributed by atoms with Crippen LogP contribution < -0.4 is 24.8 Å². The number of amides is 1. The second-order valence-electron chi connectivity index (χ2n) is 6.04. The molecule has 0 fully saturated rings. The Morgan fingerprint density at radius 3 is 1.96 bits per heavy atom. The standard InChI is InChI=1S/C20H26N2O4/c1-12-8-7-9-13(2)18(12)22-20(23)14(3)21-15-10-16(24-4)19(26-6)17(11-15)25-5/h7-11,14,21H,1-6H3,(H,22,23). The molecule has 0 aliphatic carbocycles. The Balaban J connectivity index is 2.18. The molecule has 0 radical (unpaired) electrons. The van der Waals surface area contributed by atoms with E-state index in [1.54, 1.807) is 40.4 Å². The van der Waals surface area contributed by atoms with E-state index in [-0.39, 0.29) is 5.91 Å². The van der Waals surface area contributed by atoms with Crippen molar-refractivity contribution in [2.45, 2.75) is 26.8 Å². The monoisotopic (exact) mass is 358 g/mol. The minimum Gasteiger partial charge on any atom is -0.493 e. The van der Waals surface area contributed by atoms with Gasteiger partial charge in [-0.2, -0.15) is 0 Å². The molecule has 1 amide bonds. The molecule has 6 heteroatoms. The number of carbonyl (C=O) groups is 1. The van der Waals surface area contributed by atoms with Crippen molar-refractivity contribution in [1.29, 1.82) is 0 Å². The van der Waals surface area contributed by atoms with E-state index in [1.165, 1.54) is 0 Å². The van der Waals surface area contributed by atoms with Gasteiger partial charge in [0.15, 0.2) is 11.5 Å². The summed E-state index contributed by atoms with van der Waals surface area (Å²) < 4.78 is 16.0. The fourth-order valence-electron chi connectivity index (χ4n) is 2.72. The minimum atomic E-state index is -0.461. The molecule has 0 aromatic heterocycles. The number of methoxy groups -OCH3 is 3. The van der Waals surface area contributed by atoms with E-state index in [0.29, 0.717) is 22.9 Å². The van der Waals surface area contributed by atoms with Crippen LogP contribution in [0.3, 0.4) is 0 Å². The number of carbonyl (C=O) groups excluding carboxylic acids is 1. The number of ether oxygens (including phenoxy) is 3. The zero-order chi connectivity index (χ0) is 19.3. The zero-order valence-electron chi connectivity index (χ0n) is 16.1. The van der Waals surface area contributed by atoms with Crippen molar-refractivity contribution in [1.82, 2.24) is 0 Å². The molecule has 0 aliphatic rings. The van der Waals surface area contributed by atoms with Gasteiger partial charge in [-0.1, -0.05) is 18.2 Å². The predicted molar refractivity (Wildman–Crippen MR) is 104 cm³/mol. The molecule has 26 heavy (non-hydrogen) atoms. The van der Waals surface area contributed by atoms with Crippen LogP contribution in [0.1, 0.15) is 18.1 Å². The summed E-state index contributed by atoms with van der Waals surface area (Å²) in [5, 5.41) is 6.16. The summed E-state index contributed by atoms with van der Waals surface area (Å²) >= 11 is 0. The van der Waals surface area contributed by atoms with Gasteiger partial charge in [0.1, 0.15) is 6.04 Å². The molecular formula is C20H26N2O4. The summed E-state index contributed by atoms with van der Waals surface area (Å²) in [4.78, 5) is 12.6. The van der Waals surface area contributed by atoms with Gasteiger partial charge in [0.2, 0.25) is 11.7 Å². The van der Waals surface area contributed by atoms with E-state index in [2.05, 4.69) is 10.6 Å². The quantitative estimate of drug-likeness (QED) is 0.788. The molecule has 2 N–H and O–H groups in total. The summed E-state index contributed by atoms with van der Waals surface area (Å²) in [7, 11) is 4.66. The van der Waals surface area contributed by atoms with Gasteiger partial charge in [0.05, 0.1) is 21.3 Å². The maximum absolute atomic E-state index is 12.6. The van der Waals surface area contributed by atoms with Gasteiger partial charge in [-0.25, -0.2) is 0 Å². The molecule has 0 spiro atoms. The second kappa shape index (κ2) is 8.47. The number of anilines is 2. The molecule has 1 atom stereocenters. The fraction of sp³-hybridized carbons (Fsp3) is 0.350. The fourth-order valence-corrected chi connectivity index (χ4v) is 2.72. The minimum absolute atomic E-state index is 0.129. The highest BCUT2D eigenvalue weighted by Gasteiger charge is 2.18. The van der Waals surface area contributed by atoms with Gasteiger partial charge in [-0.05, 0) is 31.9 Å². The van der Waals surface area contributed by atoms with E-state index in [1.807, 2.05) is 32.0 Å². The number of rotatable bonds is 7. The average Bonchev–Trinajstić information content (AvgIpc) is 2.63. The lowest BCUT2D eigenvalue weighted by Crippen LogP contribution is -2.32. The first-order valence-electron chi connectivity index (χ1n) is 8.34. The Morgan fingerprint density at radius 2 is 1.50 bits per heavy atom. The molecule has 2 aromatic rings. The van der Waals surface area contributed by atoms with Crippen LogP contribution in [-0.4, -0.2) is 33.3 Å². The molecule has 0 saturated carbocycles. The third kappa shape index (κ3) is 4.20. The van der Waals surface area contributed by atoms with Crippen LogP contribution in [0.15, 0.2) is 30.3 Å². The van der Waals surface area contributed by atoms with Gasteiger partial charge in [0.25, 0.3) is 0 Å². The summed E-state index contributed by atoms with van der Waals surface area (Å²) in [6.07, 6.45) is 0. The molecule has 0 saturated heterocycles. The molecule has 2 aromatic carbocycles. The Labute approximate surface area is 154 Å². The second-order valence-corrected chi connectivity index (χ2v) is 6.04. The molecule has 0 bridgehead atoms. The van der Waals surface area contributed by atoms with Crippen molar-refractivity contribution in [3.05, 3.63) is 41.5 Å². The van der Waals surface area contributed by atoms with Crippen molar-refractivity contribution in [3.8, 4) is 17.2 Å². The van der Waals surface area contributed by atoms with Gasteiger partial charge in [0, 0.05) is 23.5 Å². The number of nitrogens with one attached hydrogen (secondary N) is 2.